The van der Waals surface area contributed by atoms with Crippen LogP contribution in [-0.4, -0.2) is 24.7 Å². The lowest BCUT2D eigenvalue weighted by atomic mass is 9.95. The minimum atomic E-state index is -0.222. The van der Waals surface area contributed by atoms with Gasteiger partial charge in [-0.1, -0.05) is 0 Å². The summed E-state index contributed by atoms with van der Waals surface area (Å²) in [5.74, 6) is -0.222. The minimum absolute atomic E-state index is 0.0379. The number of rotatable bonds is 2. The van der Waals surface area contributed by atoms with E-state index in [1.165, 1.54) is 12.1 Å². The summed E-state index contributed by atoms with van der Waals surface area (Å²) in [7, 11) is 0. The van der Waals surface area contributed by atoms with Crippen molar-refractivity contribution in [1.29, 1.82) is 5.26 Å². The Morgan fingerprint density at radius 3 is 2.72 bits per heavy atom. The monoisotopic (exact) mass is 247 g/mol. The number of nitrogens with one attached hydrogen (secondary N) is 1. The number of nitrogens with zero attached hydrogens (tertiary/aromatic N) is 2. The normalized spacial score (nSPS) is 22.6. The molecular formula is C14H18FN3. The number of halogens is 1. The molecule has 0 aliphatic carbocycles. The third kappa shape index (κ3) is 2.62. The molecule has 1 aliphatic rings. The first-order chi connectivity index (χ1) is 8.53. The summed E-state index contributed by atoms with van der Waals surface area (Å²) >= 11 is 0. The first kappa shape index (κ1) is 12.8. The fourth-order valence-electron chi connectivity index (χ4n) is 2.34. The first-order valence-corrected chi connectivity index (χ1v) is 6.16. The minimum Gasteiger partial charge on any atom is -0.364 e. The average Bonchev–Trinajstić information content (AvgIpc) is 2.33. The highest BCUT2D eigenvalue weighted by atomic mass is 19.1. The number of piperazine rings is 1. The molecule has 1 fully saturated rings. The number of anilines is 1. The maximum atomic E-state index is 13.0. The molecule has 0 radical (unpaired) electrons. The van der Waals surface area contributed by atoms with Gasteiger partial charge in [0.25, 0.3) is 0 Å². The third-order valence-corrected chi connectivity index (χ3v) is 3.43. The van der Waals surface area contributed by atoms with Crippen molar-refractivity contribution in [3.63, 3.8) is 0 Å². The van der Waals surface area contributed by atoms with Crippen molar-refractivity contribution in [3.8, 4) is 6.07 Å². The molecule has 3 nitrogen and oxygen atoms in total. The number of hydrogen-bond donors (Lipinski definition) is 1. The summed E-state index contributed by atoms with van der Waals surface area (Å²) in [6.45, 7) is 5.88. The number of hydrogen-bond acceptors (Lipinski definition) is 3. The molecule has 1 saturated heterocycles. The van der Waals surface area contributed by atoms with Crippen LogP contribution < -0.4 is 10.2 Å². The van der Waals surface area contributed by atoms with Crippen LogP contribution in [0.2, 0.25) is 0 Å². The molecule has 96 valence electrons. The number of nitriles is 1. The Morgan fingerprint density at radius 2 is 2.11 bits per heavy atom. The maximum absolute atomic E-state index is 13.0. The second-order valence-corrected chi connectivity index (χ2v) is 5.34. The molecule has 1 aromatic rings. The molecule has 1 aliphatic heterocycles. The van der Waals surface area contributed by atoms with E-state index in [0.717, 1.165) is 18.8 Å². The zero-order chi connectivity index (χ0) is 13.2. The lowest BCUT2D eigenvalue weighted by Gasteiger charge is -2.47. The molecule has 0 spiro atoms. The average molecular weight is 247 g/mol. The Bertz CT molecular complexity index is 447. The van der Waals surface area contributed by atoms with E-state index in [-0.39, 0.29) is 17.4 Å². The van der Waals surface area contributed by atoms with Gasteiger partial charge in [0.05, 0.1) is 12.5 Å². The van der Waals surface area contributed by atoms with Gasteiger partial charge in [-0.3, -0.25) is 0 Å². The van der Waals surface area contributed by atoms with E-state index in [1.54, 1.807) is 12.1 Å². The van der Waals surface area contributed by atoms with Crippen LogP contribution >= 0.6 is 0 Å². The highest BCUT2D eigenvalue weighted by Gasteiger charge is 2.33. The van der Waals surface area contributed by atoms with E-state index >= 15 is 0 Å². The van der Waals surface area contributed by atoms with Crippen LogP contribution in [0.4, 0.5) is 10.1 Å². The lowest BCUT2D eigenvalue weighted by Crippen LogP contribution is -2.62. The van der Waals surface area contributed by atoms with Crippen LogP contribution in [0.5, 0.6) is 0 Å². The molecule has 0 bridgehead atoms. The quantitative estimate of drug-likeness (QED) is 0.871. The Labute approximate surface area is 107 Å². The van der Waals surface area contributed by atoms with Gasteiger partial charge in [0, 0.05) is 30.4 Å². The van der Waals surface area contributed by atoms with E-state index in [4.69, 9.17) is 5.26 Å². The third-order valence-electron chi connectivity index (χ3n) is 3.43. The highest BCUT2D eigenvalue weighted by molar-refractivity contribution is 5.50. The molecule has 2 rings (SSSR count). The Kier molecular flexibility index (Phi) is 3.53. The van der Waals surface area contributed by atoms with Crippen LogP contribution in [0, 0.1) is 17.1 Å². The summed E-state index contributed by atoms with van der Waals surface area (Å²) in [6, 6.07) is 8.92. The standard InChI is InChI=1S/C14H18FN3/c1-14(2)10-17-12(7-8-16)9-18(14)13-5-3-11(15)4-6-13/h3-6,12,17H,7,9-10H2,1-2H3. The Hall–Kier alpha value is -1.60. The van der Waals surface area contributed by atoms with Crippen molar-refractivity contribution >= 4 is 5.69 Å². The highest BCUT2D eigenvalue weighted by Crippen LogP contribution is 2.27. The molecule has 1 aromatic carbocycles. The maximum Gasteiger partial charge on any atom is 0.123 e. The Morgan fingerprint density at radius 1 is 1.44 bits per heavy atom. The van der Waals surface area contributed by atoms with E-state index in [9.17, 15) is 4.39 Å². The zero-order valence-electron chi connectivity index (χ0n) is 10.8. The van der Waals surface area contributed by atoms with Crippen molar-refractivity contribution in [1.82, 2.24) is 5.32 Å². The van der Waals surface area contributed by atoms with Crippen LogP contribution in [0.15, 0.2) is 24.3 Å². The van der Waals surface area contributed by atoms with Gasteiger partial charge in [0.2, 0.25) is 0 Å². The molecule has 0 aromatic heterocycles. The SMILES string of the molecule is CC1(C)CNC(CC#N)CN1c1ccc(F)cc1. The van der Waals surface area contributed by atoms with Gasteiger partial charge in [-0.25, -0.2) is 4.39 Å². The second-order valence-electron chi connectivity index (χ2n) is 5.34. The number of benzene rings is 1. The summed E-state index contributed by atoms with van der Waals surface area (Å²) in [6.07, 6.45) is 0.494. The Balaban J connectivity index is 2.22. The summed E-state index contributed by atoms with van der Waals surface area (Å²) in [5, 5.41) is 12.2. The van der Waals surface area contributed by atoms with E-state index in [2.05, 4.69) is 30.1 Å². The summed E-state index contributed by atoms with van der Waals surface area (Å²) in [4.78, 5) is 2.24. The van der Waals surface area contributed by atoms with Crippen LogP contribution in [0.3, 0.4) is 0 Å². The lowest BCUT2D eigenvalue weighted by molar-refractivity contribution is 0.325. The first-order valence-electron chi connectivity index (χ1n) is 6.16. The van der Waals surface area contributed by atoms with Crippen molar-refractivity contribution in [2.45, 2.75) is 31.8 Å². The van der Waals surface area contributed by atoms with E-state index in [0.29, 0.717) is 6.42 Å². The van der Waals surface area contributed by atoms with Crippen molar-refractivity contribution < 1.29 is 4.39 Å². The zero-order valence-corrected chi connectivity index (χ0v) is 10.8. The van der Waals surface area contributed by atoms with Crippen LogP contribution in [0.1, 0.15) is 20.3 Å². The smallest absolute Gasteiger partial charge is 0.123 e. The molecule has 0 amide bonds. The van der Waals surface area contributed by atoms with E-state index < -0.39 is 0 Å². The molecule has 1 atom stereocenters. The predicted octanol–water partition coefficient (Wildman–Crippen LogP) is 2.30. The van der Waals surface area contributed by atoms with E-state index in [1.807, 2.05) is 0 Å². The predicted molar refractivity (Wildman–Crippen MR) is 69.8 cm³/mol. The van der Waals surface area contributed by atoms with Gasteiger partial charge in [-0.2, -0.15) is 5.26 Å². The van der Waals surface area contributed by atoms with Gasteiger partial charge in [0.15, 0.2) is 0 Å². The molecule has 1 N–H and O–H groups in total. The van der Waals surface area contributed by atoms with Crippen LogP contribution in [-0.2, 0) is 0 Å². The fraction of sp³-hybridized carbons (Fsp3) is 0.500. The van der Waals surface area contributed by atoms with Crippen molar-refractivity contribution in [2.24, 2.45) is 0 Å². The van der Waals surface area contributed by atoms with Crippen molar-refractivity contribution in [3.05, 3.63) is 30.1 Å². The summed E-state index contributed by atoms with van der Waals surface area (Å²) in [5.41, 5.74) is 0.967. The topological polar surface area (TPSA) is 39.1 Å². The largest absolute Gasteiger partial charge is 0.364 e. The van der Waals surface area contributed by atoms with Crippen molar-refractivity contribution in [2.75, 3.05) is 18.0 Å². The van der Waals surface area contributed by atoms with Gasteiger partial charge < -0.3 is 10.2 Å². The van der Waals surface area contributed by atoms with Gasteiger partial charge in [0.1, 0.15) is 5.82 Å². The molecule has 4 heteroatoms. The summed E-state index contributed by atoms with van der Waals surface area (Å²) < 4.78 is 13.0. The molecular weight excluding hydrogens is 229 g/mol. The fourth-order valence-corrected chi connectivity index (χ4v) is 2.34. The van der Waals surface area contributed by atoms with Gasteiger partial charge >= 0.3 is 0 Å². The molecule has 1 heterocycles. The van der Waals surface area contributed by atoms with Gasteiger partial charge in [-0.15, -0.1) is 0 Å². The van der Waals surface area contributed by atoms with Crippen LogP contribution in [0.25, 0.3) is 0 Å². The van der Waals surface area contributed by atoms with Gasteiger partial charge in [-0.05, 0) is 38.1 Å². The second kappa shape index (κ2) is 4.95. The molecule has 1 unspecified atom stereocenters. The molecule has 18 heavy (non-hydrogen) atoms. The molecule has 0 saturated carbocycles.